The summed E-state index contributed by atoms with van der Waals surface area (Å²) in [5, 5.41) is 0. The number of ketones is 1. The number of sulfone groups is 1. The Hall–Kier alpha value is -2.54. The molecular weight excluding hydrogens is 356 g/mol. The lowest BCUT2D eigenvalue weighted by Crippen LogP contribution is -2.04. The average Bonchev–Trinajstić information content (AvgIpc) is 2.76. The lowest BCUT2D eigenvalue weighted by molar-refractivity contribution is 0.0984. The Kier molecular flexibility index (Phi) is 4.66. The minimum Gasteiger partial charge on any atom is -0.493 e. The van der Waals surface area contributed by atoms with Crippen LogP contribution in [0.1, 0.15) is 22.3 Å². The van der Waals surface area contributed by atoms with E-state index in [4.69, 9.17) is 14.2 Å². The van der Waals surface area contributed by atoms with E-state index in [1.807, 2.05) is 6.07 Å². The van der Waals surface area contributed by atoms with Crippen molar-refractivity contribution in [3.8, 4) is 28.4 Å². The lowest BCUT2D eigenvalue weighted by Gasteiger charge is -2.19. The van der Waals surface area contributed by atoms with E-state index < -0.39 is 9.84 Å². The Morgan fingerprint density at radius 1 is 0.885 bits per heavy atom. The molecular formula is C19H20O6S. The summed E-state index contributed by atoms with van der Waals surface area (Å²) >= 11 is 0. The van der Waals surface area contributed by atoms with E-state index in [0.29, 0.717) is 34.8 Å². The number of methoxy groups -OCH3 is 3. The fraction of sp³-hybridized carbons (Fsp3) is 0.316. The SMILES string of the molecule is COc1cc2c(c(OC)c1OC)-c1ccc(S(C)(=O)=O)cc1C(=O)CC2. The first kappa shape index (κ1) is 18.3. The number of Topliss-reactive ketones (excluding diaryl/α,β-unsaturated/α-hetero) is 1. The van der Waals surface area contributed by atoms with Gasteiger partial charge in [-0.3, -0.25) is 4.79 Å². The molecule has 7 heteroatoms. The standard InChI is InChI=1S/C19H20O6S/c1-23-16-9-11-5-8-15(20)14-10-12(26(4,21)22)6-7-13(14)17(11)19(25-3)18(16)24-2/h6-7,9-10H,5,8H2,1-4H3. The quantitative estimate of drug-likeness (QED) is 0.816. The largest absolute Gasteiger partial charge is 0.493 e. The Labute approximate surface area is 152 Å². The van der Waals surface area contributed by atoms with Crippen LogP contribution in [0.5, 0.6) is 17.2 Å². The summed E-state index contributed by atoms with van der Waals surface area (Å²) in [4.78, 5) is 12.8. The second-order valence-electron chi connectivity index (χ2n) is 6.08. The number of carbonyl (C=O) groups excluding carboxylic acids is 1. The predicted octanol–water partition coefficient (Wildman–Crippen LogP) is 2.91. The van der Waals surface area contributed by atoms with E-state index in [1.165, 1.54) is 33.5 Å². The second kappa shape index (κ2) is 6.64. The number of hydrogen-bond acceptors (Lipinski definition) is 6. The maximum atomic E-state index is 12.7. The molecule has 0 unspecified atom stereocenters. The van der Waals surface area contributed by atoms with Crippen LogP contribution in [0.3, 0.4) is 0 Å². The molecule has 2 aromatic carbocycles. The van der Waals surface area contributed by atoms with Gasteiger partial charge < -0.3 is 14.2 Å². The monoisotopic (exact) mass is 376 g/mol. The van der Waals surface area contributed by atoms with Crippen molar-refractivity contribution in [2.24, 2.45) is 0 Å². The summed E-state index contributed by atoms with van der Waals surface area (Å²) in [6, 6.07) is 6.44. The molecule has 1 aliphatic rings. The third kappa shape index (κ3) is 2.92. The van der Waals surface area contributed by atoms with Crippen LogP contribution in [0.25, 0.3) is 11.1 Å². The molecule has 26 heavy (non-hydrogen) atoms. The molecule has 0 N–H and O–H groups in total. The zero-order chi connectivity index (χ0) is 19.1. The van der Waals surface area contributed by atoms with Gasteiger partial charge in [-0.15, -0.1) is 0 Å². The third-order valence-corrected chi connectivity index (χ3v) is 5.63. The summed E-state index contributed by atoms with van der Waals surface area (Å²) in [6.07, 6.45) is 1.89. The molecule has 0 fully saturated rings. The van der Waals surface area contributed by atoms with Crippen LogP contribution in [-0.4, -0.2) is 41.8 Å². The van der Waals surface area contributed by atoms with Gasteiger partial charge in [0.05, 0.1) is 26.2 Å². The van der Waals surface area contributed by atoms with Crippen LogP contribution >= 0.6 is 0 Å². The smallest absolute Gasteiger partial charge is 0.203 e. The highest BCUT2D eigenvalue weighted by Gasteiger charge is 2.28. The highest BCUT2D eigenvalue weighted by Crippen LogP contribution is 2.49. The van der Waals surface area contributed by atoms with Gasteiger partial charge in [0.25, 0.3) is 0 Å². The summed E-state index contributed by atoms with van der Waals surface area (Å²) in [6.45, 7) is 0. The molecule has 0 bridgehead atoms. The van der Waals surface area contributed by atoms with Crippen molar-refractivity contribution in [3.05, 3.63) is 35.4 Å². The van der Waals surface area contributed by atoms with Gasteiger partial charge in [-0.25, -0.2) is 8.42 Å². The first-order chi connectivity index (χ1) is 12.3. The van der Waals surface area contributed by atoms with E-state index >= 15 is 0 Å². The Balaban J connectivity index is 2.38. The van der Waals surface area contributed by atoms with Crippen molar-refractivity contribution >= 4 is 15.6 Å². The number of hydrogen-bond donors (Lipinski definition) is 0. The van der Waals surface area contributed by atoms with Crippen LogP contribution in [0, 0.1) is 0 Å². The number of benzene rings is 2. The zero-order valence-corrected chi connectivity index (χ0v) is 15.9. The molecule has 0 atom stereocenters. The van der Waals surface area contributed by atoms with Crippen LogP contribution in [0.2, 0.25) is 0 Å². The normalized spacial score (nSPS) is 13.5. The number of rotatable bonds is 4. The Morgan fingerprint density at radius 2 is 1.58 bits per heavy atom. The maximum absolute atomic E-state index is 12.7. The van der Waals surface area contributed by atoms with Crippen LogP contribution in [0.15, 0.2) is 29.2 Å². The molecule has 0 heterocycles. The molecule has 0 saturated carbocycles. The summed E-state index contributed by atoms with van der Waals surface area (Å²) in [5.41, 5.74) is 2.62. The minimum atomic E-state index is -3.42. The molecule has 1 aliphatic carbocycles. The molecule has 0 spiro atoms. The summed E-state index contributed by atoms with van der Waals surface area (Å²) < 4.78 is 40.2. The number of fused-ring (bicyclic) bond motifs is 3. The van der Waals surface area contributed by atoms with Gasteiger partial charge in [0.1, 0.15) is 0 Å². The minimum absolute atomic E-state index is 0.110. The number of carbonyl (C=O) groups is 1. The molecule has 0 aliphatic heterocycles. The van der Waals surface area contributed by atoms with Gasteiger partial charge in [-0.2, -0.15) is 0 Å². The Morgan fingerprint density at radius 3 is 2.15 bits per heavy atom. The highest BCUT2D eigenvalue weighted by atomic mass is 32.2. The van der Waals surface area contributed by atoms with E-state index in [0.717, 1.165) is 17.4 Å². The summed E-state index contributed by atoms with van der Waals surface area (Å²) in [5.74, 6) is 1.31. The van der Waals surface area contributed by atoms with Gasteiger partial charge in [-0.05, 0) is 35.7 Å². The number of ether oxygens (including phenoxy) is 3. The fourth-order valence-corrected chi connectivity index (χ4v) is 3.93. The molecule has 0 radical (unpaired) electrons. The molecule has 2 aromatic rings. The fourth-order valence-electron chi connectivity index (χ4n) is 3.28. The van der Waals surface area contributed by atoms with E-state index in [-0.39, 0.29) is 17.1 Å². The van der Waals surface area contributed by atoms with Crippen LogP contribution < -0.4 is 14.2 Å². The second-order valence-corrected chi connectivity index (χ2v) is 8.10. The third-order valence-electron chi connectivity index (χ3n) is 4.52. The summed E-state index contributed by atoms with van der Waals surface area (Å²) in [7, 11) is 1.16. The van der Waals surface area contributed by atoms with Crippen molar-refractivity contribution in [1.29, 1.82) is 0 Å². The number of aryl methyl sites for hydroxylation is 1. The van der Waals surface area contributed by atoms with Crippen molar-refractivity contribution < 1.29 is 27.4 Å². The van der Waals surface area contributed by atoms with Crippen LogP contribution in [0.4, 0.5) is 0 Å². The van der Waals surface area contributed by atoms with E-state index in [9.17, 15) is 13.2 Å². The molecule has 0 saturated heterocycles. The van der Waals surface area contributed by atoms with E-state index in [1.54, 1.807) is 6.07 Å². The lowest BCUT2D eigenvalue weighted by atomic mass is 9.94. The van der Waals surface area contributed by atoms with Crippen molar-refractivity contribution in [2.45, 2.75) is 17.7 Å². The van der Waals surface area contributed by atoms with Gasteiger partial charge in [0.2, 0.25) is 5.75 Å². The van der Waals surface area contributed by atoms with Gasteiger partial charge in [0.15, 0.2) is 27.1 Å². The van der Waals surface area contributed by atoms with Crippen molar-refractivity contribution in [2.75, 3.05) is 27.6 Å². The molecule has 3 rings (SSSR count). The molecule has 6 nitrogen and oxygen atoms in total. The predicted molar refractivity (Wildman–Crippen MR) is 97.3 cm³/mol. The first-order valence-corrected chi connectivity index (χ1v) is 9.90. The topological polar surface area (TPSA) is 78.9 Å². The van der Waals surface area contributed by atoms with Gasteiger partial charge in [-0.1, -0.05) is 6.07 Å². The molecule has 0 aromatic heterocycles. The van der Waals surface area contributed by atoms with Crippen LogP contribution in [-0.2, 0) is 16.3 Å². The van der Waals surface area contributed by atoms with Gasteiger partial charge >= 0.3 is 0 Å². The van der Waals surface area contributed by atoms with Crippen molar-refractivity contribution in [3.63, 3.8) is 0 Å². The van der Waals surface area contributed by atoms with Crippen molar-refractivity contribution in [1.82, 2.24) is 0 Å². The van der Waals surface area contributed by atoms with Gasteiger partial charge in [0, 0.05) is 23.8 Å². The molecule has 0 amide bonds. The maximum Gasteiger partial charge on any atom is 0.203 e. The molecule has 138 valence electrons. The highest BCUT2D eigenvalue weighted by molar-refractivity contribution is 7.90. The van der Waals surface area contributed by atoms with E-state index in [2.05, 4.69) is 0 Å². The average molecular weight is 376 g/mol. The first-order valence-electron chi connectivity index (χ1n) is 8.01. The Bertz CT molecular complexity index is 992. The zero-order valence-electron chi connectivity index (χ0n) is 15.1.